The quantitative estimate of drug-likeness (QED) is 0.422. The molecular weight excluding hydrogens is 401 g/mol. The first-order valence-corrected chi connectivity index (χ1v) is 11.1. The smallest absolute Gasteiger partial charge is 0.271 e. The summed E-state index contributed by atoms with van der Waals surface area (Å²) in [6.07, 6.45) is 4.91. The average molecular weight is 430 g/mol. The lowest BCUT2D eigenvalue weighted by Crippen LogP contribution is -2.33. The number of likely N-dealkylation sites (tertiary alicyclic amines) is 1. The highest BCUT2D eigenvalue weighted by Gasteiger charge is 2.19. The Kier molecular flexibility index (Phi) is 7.41. The number of hydrogen-bond donors (Lipinski definition) is 1. The van der Waals surface area contributed by atoms with Crippen LogP contribution in [0.15, 0.2) is 84.0 Å². The highest BCUT2D eigenvalue weighted by atomic mass is 19.1. The van der Waals surface area contributed by atoms with Gasteiger partial charge < -0.3 is 0 Å². The first-order valence-electron chi connectivity index (χ1n) is 11.1. The summed E-state index contributed by atoms with van der Waals surface area (Å²) in [4.78, 5) is 14.8. The van der Waals surface area contributed by atoms with Gasteiger partial charge in [-0.2, -0.15) is 5.10 Å². The molecule has 0 spiro atoms. The Balaban J connectivity index is 1.23. The largest absolute Gasteiger partial charge is 0.299 e. The van der Waals surface area contributed by atoms with E-state index in [1.807, 2.05) is 24.3 Å². The Morgan fingerprint density at radius 1 is 0.938 bits per heavy atom. The lowest BCUT2D eigenvalue weighted by Gasteiger charge is -2.32. The standard InChI is InChI=1S/C27H28FN3O/c28-26-9-5-4-8-25(26)19-29-30-27(32)24-12-10-23(11-13-24)20-31-16-14-22(15-17-31)18-21-6-2-1-3-7-21/h1-13,19,22H,14-18,20H2,(H,30,32)/b29-19-. The van der Waals surface area contributed by atoms with Crippen molar-refractivity contribution in [1.29, 1.82) is 0 Å². The molecule has 0 unspecified atom stereocenters. The van der Waals surface area contributed by atoms with Gasteiger partial charge in [0, 0.05) is 17.7 Å². The zero-order valence-electron chi connectivity index (χ0n) is 18.1. The molecule has 3 aromatic rings. The number of amides is 1. The molecule has 0 aliphatic carbocycles. The SMILES string of the molecule is O=C(N/N=C\c1ccccc1F)c1ccc(CN2CCC(Cc3ccccc3)CC2)cc1. The maximum absolute atomic E-state index is 13.6. The number of piperidine rings is 1. The van der Waals surface area contributed by atoms with Crippen molar-refractivity contribution in [3.05, 3.63) is 107 Å². The van der Waals surface area contributed by atoms with Gasteiger partial charge in [-0.15, -0.1) is 0 Å². The molecule has 32 heavy (non-hydrogen) atoms. The minimum absolute atomic E-state index is 0.314. The Morgan fingerprint density at radius 2 is 1.62 bits per heavy atom. The van der Waals surface area contributed by atoms with Crippen LogP contribution in [0, 0.1) is 11.7 Å². The van der Waals surface area contributed by atoms with E-state index < -0.39 is 0 Å². The molecule has 1 heterocycles. The lowest BCUT2D eigenvalue weighted by atomic mass is 9.90. The first kappa shape index (κ1) is 21.9. The molecule has 3 aromatic carbocycles. The van der Waals surface area contributed by atoms with Crippen LogP contribution in [0.4, 0.5) is 4.39 Å². The van der Waals surface area contributed by atoms with Crippen molar-refractivity contribution in [1.82, 2.24) is 10.3 Å². The number of rotatable bonds is 7. The van der Waals surface area contributed by atoms with Crippen LogP contribution in [0.1, 0.15) is 39.9 Å². The highest BCUT2D eigenvalue weighted by molar-refractivity contribution is 5.94. The summed E-state index contributed by atoms with van der Waals surface area (Å²) < 4.78 is 13.6. The van der Waals surface area contributed by atoms with E-state index >= 15 is 0 Å². The molecule has 1 amide bonds. The van der Waals surface area contributed by atoms with Crippen LogP contribution in [0.3, 0.4) is 0 Å². The zero-order valence-corrected chi connectivity index (χ0v) is 18.1. The predicted molar refractivity (Wildman–Crippen MR) is 126 cm³/mol. The number of carbonyl (C=O) groups excluding carboxylic acids is 1. The Labute approximate surface area is 188 Å². The Bertz CT molecular complexity index is 1040. The fraction of sp³-hybridized carbons (Fsp3) is 0.259. The molecule has 164 valence electrons. The molecular formula is C27H28FN3O. The van der Waals surface area contributed by atoms with E-state index in [9.17, 15) is 9.18 Å². The fourth-order valence-electron chi connectivity index (χ4n) is 4.12. The van der Waals surface area contributed by atoms with E-state index in [0.717, 1.165) is 32.0 Å². The van der Waals surface area contributed by atoms with Crippen molar-refractivity contribution in [2.45, 2.75) is 25.8 Å². The summed E-state index contributed by atoms with van der Waals surface area (Å²) in [5, 5.41) is 3.86. The van der Waals surface area contributed by atoms with Crippen LogP contribution in [0.25, 0.3) is 0 Å². The Morgan fingerprint density at radius 3 is 2.34 bits per heavy atom. The predicted octanol–water partition coefficient (Wildman–Crippen LogP) is 5.04. The highest BCUT2D eigenvalue weighted by Crippen LogP contribution is 2.23. The minimum Gasteiger partial charge on any atom is -0.299 e. The summed E-state index contributed by atoms with van der Waals surface area (Å²) in [6, 6.07) is 24.6. The van der Waals surface area contributed by atoms with Crippen molar-refractivity contribution in [3.8, 4) is 0 Å². The number of nitrogens with one attached hydrogen (secondary N) is 1. The molecule has 4 nitrogen and oxygen atoms in total. The molecule has 0 radical (unpaired) electrons. The average Bonchev–Trinajstić information content (AvgIpc) is 2.83. The third kappa shape index (κ3) is 6.11. The van der Waals surface area contributed by atoms with Gasteiger partial charge in [0.1, 0.15) is 5.82 Å². The molecule has 1 saturated heterocycles. The van der Waals surface area contributed by atoms with E-state index in [0.29, 0.717) is 11.1 Å². The number of halogens is 1. The van der Waals surface area contributed by atoms with Gasteiger partial charge in [-0.05, 0) is 67.6 Å². The number of hydrogen-bond acceptors (Lipinski definition) is 3. The maximum atomic E-state index is 13.6. The lowest BCUT2D eigenvalue weighted by molar-refractivity contribution is 0.0955. The minimum atomic E-state index is -0.376. The van der Waals surface area contributed by atoms with Crippen molar-refractivity contribution >= 4 is 12.1 Å². The van der Waals surface area contributed by atoms with Crippen molar-refractivity contribution in [3.63, 3.8) is 0 Å². The normalized spacial score (nSPS) is 15.2. The summed E-state index contributed by atoms with van der Waals surface area (Å²) in [5.74, 6) is 0.0643. The zero-order chi connectivity index (χ0) is 22.2. The molecule has 5 heteroatoms. The number of hydrazone groups is 1. The first-order chi connectivity index (χ1) is 15.7. The fourth-order valence-corrected chi connectivity index (χ4v) is 4.12. The van der Waals surface area contributed by atoms with Gasteiger partial charge in [0.25, 0.3) is 5.91 Å². The Hall–Kier alpha value is -3.31. The van der Waals surface area contributed by atoms with E-state index in [1.165, 1.54) is 36.2 Å². The van der Waals surface area contributed by atoms with E-state index in [1.54, 1.807) is 18.2 Å². The second-order valence-electron chi connectivity index (χ2n) is 8.33. The maximum Gasteiger partial charge on any atom is 0.271 e. The van der Waals surface area contributed by atoms with Crippen molar-refractivity contribution in [2.24, 2.45) is 11.0 Å². The van der Waals surface area contributed by atoms with Crippen LogP contribution in [-0.2, 0) is 13.0 Å². The second-order valence-corrected chi connectivity index (χ2v) is 8.33. The van der Waals surface area contributed by atoms with E-state index in [2.05, 4.69) is 45.8 Å². The van der Waals surface area contributed by atoms with Gasteiger partial charge in [-0.3, -0.25) is 9.69 Å². The second kappa shape index (κ2) is 10.8. The molecule has 1 N–H and O–H groups in total. The molecule has 0 atom stereocenters. The third-order valence-electron chi connectivity index (χ3n) is 5.97. The van der Waals surface area contributed by atoms with Gasteiger partial charge in [-0.25, -0.2) is 9.82 Å². The van der Waals surface area contributed by atoms with Crippen LogP contribution in [0.2, 0.25) is 0 Å². The monoisotopic (exact) mass is 429 g/mol. The van der Waals surface area contributed by atoms with Gasteiger partial charge in [0.15, 0.2) is 0 Å². The molecule has 1 aliphatic rings. The summed E-state index contributed by atoms with van der Waals surface area (Å²) in [6.45, 7) is 3.10. The van der Waals surface area contributed by atoms with Gasteiger partial charge in [0.05, 0.1) is 6.21 Å². The summed E-state index contributed by atoms with van der Waals surface area (Å²) in [7, 11) is 0. The van der Waals surface area contributed by atoms with Gasteiger partial charge >= 0.3 is 0 Å². The number of benzene rings is 3. The van der Waals surface area contributed by atoms with Gasteiger partial charge in [0.2, 0.25) is 0 Å². The van der Waals surface area contributed by atoms with Crippen LogP contribution in [-0.4, -0.2) is 30.1 Å². The summed E-state index contributed by atoms with van der Waals surface area (Å²) >= 11 is 0. The molecule has 1 aliphatic heterocycles. The van der Waals surface area contributed by atoms with Crippen LogP contribution in [0.5, 0.6) is 0 Å². The third-order valence-corrected chi connectivity index (χ3v) is 5.97. The van der Waals surface area contributed by atoms with Crippen molar-refractivity contribution in [2.75, 3.05) is 13.1 Å². The van der Waals surface area contributed by atoms with E-state index in [4.69, 9.17) is 0 Å². The van der Waals surface area contributed by atoms with Crippen molar-refractivity contribution < 1.29 is 9.18 Å². The van der Waals surface area contributed by atoms with Crippen LogP contribution >= 0.6 is 0 Å². The molecule has 0 saturated carbocycles. The van der Waals surface area contributed by atoms with Gasteiger partial charge in [-0.1, -0.05) is 60.7 Å². The topological polar surface area (TPSA) is 44.7 Å². The number of carbonyl (C=O) groups is 1. The number of nitrogens with zero attached hydrogens (tertiary/aromatic N) is 2. The van der Waals surface area contributed by atoms with Crippen LogP contribution < -0.4 is 5.43 Å². The molecule has 0 bridgehead atoms. The molecule has 4 rings (SSSR count). The summed E-state index contributed by atoms with van der Waals surface area (Å²) in [5.41, 5.74) is 5.93. The molecule has 1 fully saturated rings. The molecule has 0 aromatic heterocycles. The van der Waals surface area contributed by atoms with E-state index in [-0.39, 0.29) is 11.7 Å².